The quantitative estimate of drug-likeness (QED) is 0.770. The van der Waals surface area contributed by atoms with Crippen LogP contribution in [0.1, 0.15) is 5.56 Å². The standard InChI is InChI=1S/C18H17F3N2O4/c1-26-15-7-5-13(6-8-15)22-16(24)10-27-11-17(25)23-14-4-2-3-12(9-14)18(19,20)21/h2-9H,10-11H2,1H3,(H,22,24)(H,23,25). The summed E-state index contributed by atoms with van der Waals surface area (Å²) in [6.07, 6.45) is -4.50. The normalized spacial score (nSPS) is 11.0. The first-order valence-electron chi connectivity index (χ1n) is 7.76. The van der Waals surface area contributed by atoms with Crippen molar-refractivity contribution >= 4 is 23.2 Å². The lowest BCUT2D eigenvalue weighted by Crippen LogP contribution is -2.24. The number of hydrogen-bond acceptors (Lipinski definition) is 4. The van der Waals surface area contributed by atoms with Crippen LogP contribution in [0.5, 0.6) is 5.75 Å². The molecular weight excluding hydrogens is 365 g/mol. The molecular formula is C18H17F3N2O4. The topological polar surface area (TPSA) is 76.7 Å². The predicted molar refractivity (Wildman–Crippen MR) is 92.5 cm³/mol. The number of methoxy groups -OCH3 is 1. The van der Waals surface area contributed by atoms with Gasteiger partial charge in [0.15, 0.2) is 0 Å². The van der Waals surface area contributed by atoms with Crippen LogP contribution in [0, 0.1) is 0 Å². The Morgan fingerprint density at radius 1 is 0.926 bits per heavy atom. The number of benzene rings is 2. The van der Waals surface area contributed by atoms with Gasteiger partial charge in [-0.1, -0.05) is 6.07 Å². The molecule has 0 bridgehead atoms. The van der Waals surface area contributed by atoms with Gasteiger partial charge in [-0.2, -0.15) is 13.2 Å². The van der Waals surface area contributed by atoms with Crippen molar-refractivity contribution in [2.24, 2.45) is 0 Å². The van der Waals surface area contributed by atoms with Gasteiger partial charge in [-0.15, -0.1) is 0 Å². The zero-order chi connectivity index (χ0) is 19.9. The third-order valence-electron chi connectivity index (χ3n) is 3.31. The van der Waals surface area contributed by atoms with Crippen LogP contribution in [-0.2, 0) is 20.5 Å². The number of amides is 2. The van der Waals surface area contributed by atoms with Crippen LogP contribution in [0.25, 0.3) is 0 Å². The number of rotatable bonds is 7. The van der Waals surface area contributed by atoms with Crippen molar-refractivity contribution in [2.45, 2.75) is 6.18 Å². The van der Waals surface area contributed by atoms with Gasteiger partial charge >= 0.3 is 6.18 Å². The molecule has 0 aliphatic carbocycles. The van der Waals surface area contributed by atoms with Gasteiger partial charge in [0.1, 0.15) is 19.0 Å². The Bertz CT molecular complexity index is 792. The first-order chi connectivity index (χ1) is 12.8. The molecule has 0 radical (unpaired) electrons. The first-order valence-corrected chi connectivity index (χ1v) is 7.76. The van der Waals surface area contributed by atoms with Crippen molar-refractivity contribution in [2.75, 3.05) is 31.0 Å². The molecule has 0 unspecified atom stereocenters. The SMILES string of the molecule is COc1ccc(NC(=O)COCC(=O)Nc2cccc(C(F)(F)F)c2)cc1. The fraction of sp³-hybridized carbons (Fsp3) is 0.222. The Labute approximate surface area is 153 Å². The van der Waals surface area contributed by atoms with Gasteiger partial charge in [0.2, 0.25) is 11.8 Å². The summed E-state index contributed by atoms with van der Waals surface area (Å²) in [5.41, 5.74) is -0.362. The second-order valence-electron chi connectivity index (χ2n) is 5.40. The Morgan fingerprint density at radius 3 is 2.07 bits per heavy atom. The Kier molecular flexibility index (Phi) is 6.78. The lowest BCUT2D eigenvalue weighted by Gasteiger charge is -2.10. The molecule has 144 valence electrons. The van der Waals surface area contributed by atoms with Crippen LogP contribution in [0.4, 0.5) is 24.5 Å². The molecule has 0 atom stereocenters. The number of hydrogen-bond donors (Lipinski definition) is 2. The molecule has 2 amide bonds. The fourth-order valence-electron chi connectivity index (χ4n) is 2.08. The van der Waals surface area contributed by atoms with Crippen LogP contribution < -0.4 is 15.4 Å². The molecule has 0 aliphatic heterocycles. The molecule has 0 fully saturated rings. The van der Waals surface area contributed by atoms with Crippen LogP contribution in [0.15, 0.2) is 48.5 Å². The number of carbonyl (C=O) groups is 2. The van der Waals surface area contributed by atoms with Gasteiger partial charge in [0, 0.05) is 11.4 Å². The summed E-state index contributed by atoms with van der Waals surface area (Å²) >= 11 is 0. The summed E-state index contributed by atoms with van der Waals surface area (Å²) in [6, 6.07) is 10.8. The molecule has 6 nitrogen and oxygen atoms in total. The maximum absolute atomic E-state index is 12.6. The molecule has 27 heavy (non-hydrogen) atoms. The Morgan fingerprint density at radius 2 is 1.52 bits per heavy atom. The number of anilines is 2. The molecule has 9 heteroatoms. The zero-order valence-corrected chi connectivity index (χ0v) is 14.3. The molecule has 2 N–H and O–H groups in total. The van der Waals surface area contributed by atoms with E-state index in [-0.39, 0.29) is 12.3 Å². The van der Waals surface area contributed by atoms with Crippen molar-refractivity contribution in [3.05, 3.63) is 54.1 Å². The minimum atomic E-state index is -4.50. The monoisotopic (exact) mass is 382 g/mol. The smallest absolute Gasteiger partial charge is 0.416 e. The Balaban J connectivity index is 1.76. The van der Waals surface area contributed by atoms with E-state index in [2.05, 4.69) is 10.6 Å². The molecule has 0 aliphatic rings. The van der Waals surface area contributed by atoms with Crippen LogP contribution >= 0.6 is 0 Å². The molecule has 0 aromatic heterocycles. The highest BCUT2D eigenvalue weighted by atomic mass is 19.4. The molecule has 0 heterocycles. The molecule has 0 spiro atoms. The van der Waals surface area contributed by atoms with E-state index < -0.39 is 30.2 Å². The highest BCUT2D eigenvalue weighted by Gasteiger charge is 2.30. The number of nitrogens with one attached hydrogen (secondary N) is 2. The number of alkyl halides is 3. The second kappa shape index (κ2) is 9.04. The van der Waals surface area contributed by atoms with E-state index in [1.165, 1.54) is 19.2 Å². The summed E-state index contributed by atoms with van der Waals surface area (Å²) in [6.45, 7) is -0.867. The minimum Gasteiger partial charge on any atom is -0.497 e. The average Bonchev–Trinajstić information content (AvgIpc) is 2.62. The molecule has 0 saturated heterocycles. The third kappa shape index (κ3) is 6.63. The van der Waals surface area contributed by atoms with E-state index in [0.717, 1.165) is 12.1 Å². The summed E-state index contributed by atoms with van der Waals surface area (Å²) in [5, 5.41) is 4.85. The lowest BCUT2D eigenvalue weighted by atomic mass is 10.2. The van der Waals surface area contributed by atoms with Crippen molar-refractivity contribution in [1.29, 1.82) is 0 Å². The molecule has 0 saturated carbocycles. The maximum Gasteiger partial charge on any atom is 0.416 e. The van der Waals surface area contributed by atoms with E-state index >= 15 is 0 Å². The average molecular weight is 382 g/mol. The maximum atomic E-state index is 12.6. The summed E-state index contributed by atoms with van der Waals surface area (Å²) in [5.74, 6) is -0.519. The first kappa shape index (κ1) is 20.2. The predicted octanol–water partition coefficient (Wildman–Crippen LogP) is 3.31. The third-order valence-corrected chi connectivity index (χ3v) is 3.31. The van der Waals surface area contributed by atoms with Gasteiger partial charge in [-0.05, 0) is 42.5 Å². The lowest BCUT2D eigenvalue weighted by molar-refractivity contribution is -0.137. The molecule has 2 rings (SSSR count). The van der Waals surface area contributed by atoms with E-state index in [1.54, 1.807) is 24.3 Å². The summed E-state index contributed by atoms with van der Waals surface area (Å²) in [4.78, 5) is 23.5. The number of ether oxygens (including phenoxy) is 2. The molecule has 2 aromatic carbocycles. The number of halogens is 3. The Hall–Kier alpha value is -3.07. The zero-order valence-electron chi connectivity index (χ0n) is 14.3. The van der Waals surface area contributed by atoms with Crippen molar-refractivity contribution < 1.29 is 32.2 Å². The fourth-order valence-corrected chi connectivity index (χ4v) is 2.08. The highest BCUT2D eigenvalue weighted by molar-refractivity contribution is 5.93. The highest BCUT2D eigenvalue weighted by Crippen LogP contribution is 2.30. The summed E-state index contributed by atoms with van der Waals surface area (Å²) < 4.78 is 47.9. The van der Waals surface area contributed by atoms with Crippen molar-refractivity contribution in [3.63, 3.8) is 0 Å². The van der Waals surface area contributed by atoms with E-state index in [1.807, 2.05) is 0 Å². The second-order valence-corrected chi connectivity index (χ2v) is 5.40. The van der Waals surface area contributed by atoms with Gasteiger partial charge in [-0.25, -0.2) is 0 Å². The summed E-state index contributed by atoms with van der Waals surface area (Å²) in [7, 11) is 1.52. The van der Waals surface area contributed by atoms with Gasteiger partial charge in [0.25, 0.3) is 0 Å². The largest absolute Gasteiger partial charge is 0.497 e. The van der Waals surface area contributed by atoms with E-state index in [9.17, 15) is 22.8 Å². The minimum absolute atomic E-state index is 0.0129. The van der Waals surface area contributed by atoms with Crippen LogP contribution in [0.3, 0.4) is 0 Å². The van der Waals surface area contributed by atoms with E-state index in [0.29, 0.717) is 11.4 Å². The van der Waals surface area contributed by atoms with E-state index in [4.69, 9.17) is 9.47 Å². The van der Waals surface area contributed by atoms with Crippen LogP contribution in [0.2, 0.25) is 0 Å². The van der Waals surface area contributed by atoms with Crippen molar-refractivity contribution in [1.82, 2.24) is 0 Å². The van der Waals surface area contributed by atoms with Gasteiger partial charge in [0.05, 0.1) is 12.7 Å². The van der Waals surface area contributed by atoms with Gasteiger partial charge in [-0.3, -0.25) is 9.59 Å². The van der Waals surface area contributed by atoms with Crippen molar-refractivity contribution in [3.8, 4) is 5.75 Å². The van der Waals surface area contributed by atoms with Crippen LogP contribution in [-0.4, -0.2) is 32.1 Å². The van der Waals surface area contributed by atoms with Gasteiger partial charge < -0.3 is 20.1 Å². The molecule has 2 aromatic rings. The number of carbonyl (C=O) groups excluding carboxylic acids is 2.